The van der Waals surface area contributed by atoms with E-state index in [0.717, 1.165) is 30.0 Å². The molecule has 1 atom stereocenters. The van der Waals surface area contributed by atoms with Gasteiger partial charge in [-0.25, -0.2) is 4.98 Å². The standard InChI is InChI=1S/C21H21F3N2O2/c22-21(23,24)16-6-2-1-5-15(16)18(27)13-26-11-9-14(10-12-26)20-25-17-7-3-4-8-19(17)28-20/h1-8,14,18,27H,9-13H2. The van der Waals surface area contributed by atoms with Crippen molar-refractivity contribution in [3.8, 4) is 0 Å². The molecule has 1 unspecified atom stereocenters. The van der Waals surface area contributed by atoms with E-state index in [4.69, 9.17) is 4.42 Å². The molecule has 0 radical (unpaired) electrons. The van der Waals surface area contributed by atoms with Crippen molar-refractivity contribution in [2.75, 3.05) is 19.6 Å². The van der Waals surface area contributed by atoms with Crippen LogP contribution in [0, 0.1) is 0 Å². The average Bonchev–Trinajstić information content (AvgIpc) is 3.12. The maximum Gasteiger partial charge on any atom is 0.416 e. The summed E-state index contributed by atoms with van der Waals surface area (Å²) >= 11 is 0. The van der Waals surface area contributed by atoms with Crippen LogP contribution in [0.25, 0.3) is 11.1 Å². The molecule has 0 bridgehead atoms. The predicted octanol–water partition coefficient (Wildman–Crippen LogP) is 4.76. The number of hydrogen-bond donors (Lipinski definition) is 1. The fraction of sp³-hybridized carbons (Fsp3) is 0.381. The highest BCUT2D eigenvalue weighted by molar-refractivity contribution is 5.72. The molecule has 1 aliphatic heterocycles. The van der Waals surface area contributed by atoms with Gasteiger partial charge in [0, 0.05) is 12.5 Å². The van der Waals surface area contributed by atoms with Crippen molar-refractivity contribution in [1.29, 1.82) is 0 Å². The maximum absolute atomic E-state index is 13.2. The average molecular weight is 390 g/mol. The maximum atomic E-state index is 13.2. The summed E-state index contributed by atoms with van der Waals surface area (Å²) in [6.07, 6.45) is -4.07. The first kappa shape index (κ1) is 19.0. The molecule has 28 heavy (non-hydrogen) atoms. The molecule has 2 aromatic carbocycles. The summed E-state index contributed by atoms with van der Waals surface area (Å²) in [5.74, 6) is 0.895. The molecule has 0 amide bonds. The van der Waals surface area contributed by atoms with Gasteiger partial charge in [-0.05, 0) is 49.7 Å². The SMILES string of the molecule is OC(CN1CCC(c2nc3ccccc3o2)CC1)c1ccccc1C(F)(F)F. The zero-order chi connectivity index (χ0) is 19.7. The largest absolute Gasteiger partial charge is 0.440 e. The Morgan fingerprint density at radius 1 is 1.07 bits per heavy atom. The fourth-order valence-corrected chi connectivity index (χ4v) is 3.82. The molecular weight excluding hydrogens is 369 g/mol. The molecule has 4 nitrogen and oxygen atoms in total. The molecule has 1 saturated heterocycles. The molecule has 2 heterocycles. The molecule has 1 aliphatic rings. The Morgan fingerprint density at radius 2 is 1.75 bits per heavy atom. The first-order valence-electron chi connectivity index (χ1n) is 9.34. The lowest BCUT2D eigenvalue weighted by molar-refractivity contribution is -0.139. The van der Waals surface area contributed by atoms with E-state index in [1.54, 1.807) is 0 Å². The lowest BCUT2D eigenvalue weighted by Gasteiger charge is -2.32. The monoisotopic (exact) mass is 390 g/mol. The van der Waals surface area contributed by atoms with E-state index < -0.39 is 17.8 Å². The highest BCUT2D eigenvalue weighted by Crippen LogP contribution is 2.35. The van der Waals surface area contributed by atoms with Crippen LogP contribution in [-0.2, 0) is 6.18 Å². The summed E-state index contributed by atoms with van der Waals surface area (Å²) in [4.78, 5) is 6.55. The topological polar surface area (TPSA) is 49.5 Å². The van der Waals surface area contributed by atoms with Crippen molar-refractivity contribution in [2.24, 2.45) is 0 Å². The van der Waals surface area contributed by atoms with Crippen LogP contribution in [0.1, 0.15) is 41.9 Å². The Kier molecular flexibility index (Phi) is 5.12. The minimum Gasteiger partial charge on any atom is -0.440 e. The minimum absolute atomic E-state index is 0.0731. The Hall–Kier alpha value is -2.38. The third-order valence-electron chi connectivity index (χ3n) is 5.30. The number of hydrogen-bond acceptors (Lipinski definition) is 4. The van der Waals surface area contributed by atoms with E-state index in [0.29, 0.717) is 19.0 Å². The van der Waals surface area contributed by atoms with Crippen LogP contribution in [0.5, 0.6) is 0 Å². The predicted molar refractivity (Wildman–Crippen MR) is 98.8 cm³/mol. The second kappa shape index (κ2) is 7.56. The van der Waals surface area contributed by atoms with Crippen molar-refractivity contribution in [2.45, 2.75) is 31.0 Å². The van der Waals surface area contributed by atoms with Gasteiger partial charge in [-0.3, -0.25) is 0 Å². The number of likely N-dealkylation sites (tertiary alicyclic amines) is 1. The number of aromatic nitrogens is 1. The van der Waals surface area contributed by atoms with Crippen molar-refractivity contribution in [3.63, 3.8) is 0 Å². The number of oxazole rings is 1. The van der Waals surface area contributed by atoms with Gasteiger partial charge in [0.05, 0.1) is 11.7 Å². The number of halogens is 3. The molecule has 148 valence electrons. The number of aliphatic hydroxyl groups is 1. The smallest absolute Gasteiger partial charge is 0.416 e. The van der Waals surface area contributed by atoms with Crippen LogP contribution in [0.3, 0.4) is 0 Å². The first-order valence-corrected chi connectivity index (χ1v) is 9.34. The van der Waals surface area contributed by atoms with Gasteiger partial charge in [0.1, 0.15) is 5.52 Å². The van der Waals surface area contributed by atoms with Crippen LogP contribution in [0.15, 0.2) is 52.9 Å². The Bertz CT molecular complexity index is 913. The van der Waals surface area contributed by atoms with Crippen molar-refractivity contribution < 1.29 is 22.7 Å². The van der Waals surface area contributed by atoms with E-state index in [1.807, 2.05) is 29.2 Å². The lowest BCUT2D eigenvalue weighted by Crippen LogP contribution is -2.36. The van der Waals surface area contributed by atoms with Crippen LogP contribution >= 0.6 is 0 Å². The second-order valence-corrected chi connectivity index (χ2v) is 7.20. The van der Waals surface area contributed by atoms with E-state index in [-0.39, 0.29) is 18.0 Å². The van der Waals surface area contributed by atoms with E-state index >= 15 is 0 Å². The zero-order valence-electron chi connectivity index (χ0n) is 15.2. The number of nitrogens with zero attached hydrogens (tertiary/aromatic N) is 2. The summed E-state index contributed by atoms with van der Waals surface area (Å²) in [6.45, 7) is 1.52. The Balaban J connectivity index is 1.39. The van der Waals surface area contributed by atoms with Gasteiger partial charge < -0.3 is 14.4 Å². The molecule has 0 spiro atoms. The van der Waals surface area contributed by atoms with E-state index in [2.05, 4.69) is 4.98 Å². The molecule has 1 N–H and O–H groups in total. The highest BCUT2D eigenvalue weighted by Gasteiger charge is 2.35. The number of para-hydroxylation sites is 2. The fourth-order valence-electron chi connectivity index (χ4n) is 3.82. The Morgan fingerprint density at radius 3 is 2.46 bits per heavy atom. The lowest BCUT2D eigenvalue weighted by atomic mass is 9.95. The second-order valence-electron chi connectivity index (χ2n) is 7.20. The van der Waals surface area contributed by atoms with Gasteiger partial charge in [-0.15, -0.1) is 0 Å². The molecule has 4 rings (SSSR count). The van der Waals surface area contributed by atoms with Gasteiger partial charge in [0.2, 0.25) is 0 Å². The van der Waals surface area contributed by atoms with Crippen LogP contribution < -0.4 is 0 Å². The van der Waals surface area contributed by atoms with Gasteiger partial charge >= 0.3 is 6.18 Å². The number of benzene rings is 2. The first-order chi connectivity index (χ1) is 13.4. The quantitative estimate of drug-likeness (QED) is 0.698. The zero-order valence-corrected chi connectivity index (χ0v) is 15.2. The van der Waals surface area contributed by atoms with Crippen LogP contribution in [-0.4, -0.2) is 34.6 Å². The molecular formula is C21H21F3N2O2. The van der Waals surface area contributed by atoms with Crippen LogP contribution in [0.4, 0.5) is 13.2 Å². The number of β-amino-alcohol motifs (C(OH)–C–C–N with tert-alkyl or cyclic N) is 1. The number of fused-ring (bicyclic) bond motifs is 1. The summed E-state index contributed by atoms with van der Waals surface area (Å²) in [5.41, 5.74) is 0.748. The highest BCUT2D eigenvalue weighted by atomic mass is 19.4. The summed E-state index contributed by atoms with van der Waals surface area (Å²) in [7, 11) is 0. The van der Waals surface area contributed by atoms with Gasteiger partial charge in [0.15, 0.2) is 11.5 Å². The molecule has 1 fully saturated rings. The van der Waals surface area contributed by atoms with Crippen molar-refractivity contribution >= 4 is 11.1 Å². The van der Waals surface area contributed by atoms with Crippen molar-refractivity contribution in [3.05, 3.63) is 65.5 Å². The van der Waals surface area contributed by atoms with Crippen LogP contribution in [0.2, 0.25) is 0 Å². The summed E-state index contributed by atoms with van der Waals surface area (Å²) in [6, 6.07) is 12.8. The number of aliphatic hydroxyl groups excluding tert-OH is 1. The van der Waals surface area contributed by atoms with Gasteiger partial charge in [-0.1, -0.05) is 30.3 Å². The summed E-state index contributed by atoms with van der Waals surface area (Å²) < 4.78 is 45.4. The number of piperidine rings is 1. The van der Waals surface area contributed by atoms with E-state index in [9.17, 15) is 18.3 Å². The molecule has 7 heteroatoms. The Labute approximate surface area is 160 Å². The van der Waals surface area contributed by atoms with Crippen molar-refractivity contribution in [1.82, 2.24) is 9.88 Å². The third kappa shape index (κ3) is 3.91. The molecule has 3 aromatic rings. The molecule has 0 saturated carbocycles. The minimum atomic E-state index is -4.47. The summed E-state index contributed by atoms with van der Waals surface area (Å²) in [5, 5.41) is 10.4. The molecule has 1 aromatic heterocycles. The van der Waals surface area contributed by atoms with E-state index in [1.165, 1.54) is 18.2 Å². The number of alkyl halides is 3. The third-order valence-corrected chi connectivity index (χ3v) is 5.30. The number of rotatable bonds is 4. The normalized spacial score (nSPS) is 17.9. The molecule has 0 aliphatic carbocycles. The van der Waals surface area contributed by atoms with Gasteiger partial charge in [-0.2, -0.15) is 13.2 Å². The van der Waals surface area contributed by atoms with Gasteiger partial charge in [0.25, 0.3) is 0 Å².